The summed E-state index contributed by atoms with van der Waals surface area (Å²) < 4.78 is 1.79. The van der Waals surface area contributed by atoms with Gasteiger partial charge in [-0.05, 0) is 31.7 Å². The molecule has 1 saturated heterocycles. The molecule has 1 aromatic carbocycles. The normalized spacial score (nSPS) is 21.8. The van der Waals surface area contributed by atoms with Crippen molar-refractivity contribution in [2.75, 3.05) is 0 Å². The van der Waals surface area contributed by atoms with Crippen LogP contribution in [-0.2, 0) is 18.3 Å². The highest BCUT2D eigenvalue weighted by molar-refractivity contribution is 5.77. The maximum atomic E-state index is 11.9. The van der Waals surface area contributed by atoms with Crippen molar-refractivity contribution in [3.05, 3.63) is 53.3 Å². The van der Waals surface area contributed by atoms with Gasteiger partial charge in [-0.2, -0.15) is 5.10 Å². The van der Waals surface area contributed by atoms with E-state index in [1.165, 1.54) is 11.1 Å². The van der Waals surface area contributed by atoms with Crippen molar-refractivity contribution in [2.45, 2.75) is 57.7 Å². The molecule has 25 heavy (non-hydrogen) atoms. The van der Waals surface area contributed by atoms with Crippen molar-refractivity contribution < 1.29 is 4.79 Å². The van der Waals surface area contributed by atoms with Gasteiger partial charge >= 0.3 is 0 Å². The summed E-state index contributed by atoms with van der Waals surface area (Å²) in [6, 6.07) is 9.37. The Morgan fingerprint density at radius 2 is 2.12 bits per heavy atom. The molecular formula is C20H28N4O. The van der Waals surface area contributed by atoms with Gasteiger partial charge in [-0.25, -0.2) is 0 Å². The predicted molar refractivity (Wildman–Crippen MR) is 99.2 cm³/mol. The molecule has 3 atom stereocenters. The van der Waals surface area contributed by atoms with Crippen LogP contribution in [0.15, 0.2) is 36.7 Å². The zero-order chi connectivity index (χ0) is 17.8. The number of aryl methyl sites for hydroxylation is 2. The summed E-state index contributed by atoms with van der Waals surface area (Å²) in [6.45, 7) is 4.33. The molecule has 0 bridgehead atoms. The molecule has 2 heterocycles. The summed E-state index contributed by atoms with van der Waals surface area (Å²) in [5.74, 6) is 0.124. The van der Waals surface area contributed by atoms with Crippen LogP contribution in [0.4, 0.5) is 0 Å². The largest absolute Gasteiger partial charge is 0.348 e. The van der Waals surface area contributed by atoms with Crippen molar-refractivity contribution in [3.63, 3.8) is 0 Å². The SMILES string of the molecule is CC[C@@H](Cc1ccc(C)cc1)N[C@@H]1CCC(=O)N[C@H]1c1cnn(C)c1. The molecule has 1 aliphatic heterocycles. The van der Waals surface area contributed by atoms with Crippen LogP contribution in [0.25, 0.3) is 0 Å². The second-order valence-electron chi connectivity index (χ2n) is 7.10. The number of piperidine rings is 1. The molecule has 134 valence electrons. The third-order valence-electron chi connectivity index (χ3n) is 5.03. The summed E-state index contributed by atoms with van der Waals surface area (Å²) in [6.07, 6.45) is 7.34. The maximum absolute atomic E-state index is 11.9. The molecule has 2 aromatic rings. The Bertz CT molecular complexity index is 707. The van der Waals surface area contributed by atoms with E-state index in [4.69, 9.17) is 0 Å². The van der Waals surface area contributed by atoms with Gasteiger partial charge in [0.15, 0.2) is 0 Å². The maximum Gasteiger partial charge on any atom is 0.220 e. The summed E-state index contributed by atoms with van der Waals surface area (Å²) in [5, 5.41) is 11.2. The van der Waals surface area contributed by atoms with Gasteiger partial charge in [-0.15, -0.1) is 0 Å². The van der Waals surface area contributed by atoms with Crippen molar-refractivity contribution in [1.82, 2.24) is 20.4 Å². The third-order valence-corrected chi connectivity index (χ3v) is 5.03. The van der Waals surface area contributed by atoms with Crippen molar-refractivity contribution >= 4 is 5.91 Å². The van der Waals surface area contributed by atoms with Gasteiger partial charge in [0.25, 0.3) is 0 Å². The van der Waals surface area contributed by atoms with E-state index in [1.807, 2.05) is 19.4 Å². The molecule has 0 unspecified atom stereocenters. The Morgan fingerprint density at radius 3 is 2.76 bits per heavy atom. The van der Waals surface area contributed by atoms with E-state index in [9.17, 15) is 4.79 Å². The number of hydrogen-bond donors (Lipinski definition) is 2. The van der Waals surface area contributed by atoms with E-state index in [0.717, 1.165) is 24.8 Å². The van der Waals surface area contributed by atoms with Gasteiger partial charge in [0.2, 0.25) is 5.91 Å². The van der Waals surface area contributed by atoms with Crippen molar-refractivity contribution in [3.8, 4) is 0 Å². The van der Waals surface area contributed by atoms with Gasteiger partial charge < -0.3 is 10.6 Å². The van der Waals surface area contributed by atoms with Crippen LogP contribution in [0.3, 0.4) is 0 Å². The lowest BCUT2D eigenvalue weighted by atomic mass is 9.92. The lowest BCUT2D eigenvalue weighted by Crippen LogP contribution is -2.51. The highest BCUT2D eigenvalue weighted by atomic mass is 16.1. The minimum absolute atomic E-state index is 0.0120. The van der Waals surface area contributed by atoms with Gasteiger partial charge in [0, 0.05) is 37.3 Å². The van der Waals surface area contributed by atoms with E-state index in [-0.39, 0.29) is 18.0 Å². The van der Waals surface area contributed by atoms with Crippen LogP contribution in [0.1, 0.15) is 48.9 Å². The van der Waals surface area contributed by atoms with Crippen LogP contribution in [0.5, 0.6) is 0 Å². The molecule has 1 amide bonds. The molecule has 0 spiro atoms. The Morgan fingerprint density at radius 1 is 1.36 bits per heavy atom. The molecule has 1 fully saturated rings. The first-order valence-electron chi connectivity index (χ1n) is 9.14. The molecule has 0 aliphatic carbocycles. The first-order chi connectivity index (χ1) is 12.0. The number of carbonyl (C=O) groups excluding carboxylic acids is 1. The van der Waals surface area contributed by atoms with E-state index in [0.29, 0.717) is 12.5 Å². The number of nitrogens with zero attached hydrogens (tertiary/aromatic N) is 2. The highest BCUT2D eigenvalue weighted by Gasteiger charge is 2.31. The van der Waals surface area contributed by atoms with Gasteiger partial charge in [-0.1, -0.05) is 36.8 Å². The second-order valence-corrected chi connectivity index (χ2v) is 7.10. The van der Waals surface area contributed by atoms with Crippen LogP contribution in [0, 0.1) is 6.92 Å². The summed E-state index contributed by atoms with van der Waals surface area (Å²) in [4.78, 5) is 11.9. The number of benzene rings is 1. The number of aromatic nitrogens is 2. The highest BCUT2D eigenvalue weighted by Crippen LogP contribution is 2.25. The zero-order valence-electron chi connectivity index (χ0n) is 15.3. The Hall–Kier alpha value is -2.14. The second kappa shape index (κ2) is 7.83. The van der Waals surface area contributed by atoms with Crippen LogP contribution in [0.2, 0.25) is 0 Å². The minimum Gasteiger partial charge on any atom is -0.348 e. The Kier molecular flexibility index (Phi) is 5.53. The predicted octanol–water partition coefficient (Wildman–Crippen LogP) is 2.66. The molecule has 5 nitrogen and oxygen atoms in total. The number of carbonyl (C=O) groups is 1. The molecule has 0 radical (unpaired) electrons. The fourth-order valence-corrected chi connectivity index (χ4v) is 3.53. The standard InChI is InChI=1S/C20H28N4O/c1-4-17(11-15-7-5-14(2)6-8-15)22-18-9-10-19(25)23-20(18)16-12-21-24(3)13-16/h5-8,12-13,17-18,20,22H,4,9-11H2,1-3H3,(H,23,25)/t17-,18+,20-/m0/s1. The van der Waals surface area contributed by atoms with Gasteiger partial charge in [0.05, 0.1) is 12.2 Å². The lowest BCUT2D eigenvalue weighted by molar-refractivity contribution is -0.124. The molecule has 1 aromatic heterocycles. The van der Waals surface area contributed by atoms with E-state index >= 15 is 0 Å². The van der Waals surface area contributed by atoms with Crippen molar-refractivity contribution in [2.24, 2.45) is 7.05 Å². The Labute approximate surface area is 149 Å². The molecule has 2 N–H and O–H groups in total. The molecule has 1 aliphatic rings. The Balaban J connectivity index is 1.70. The van der Waals surface area contributed by atoms with Crippen molar-refractivity contribution in [1.29, 1.82) is 0 Å². The summed E-state index contributed by atoms with van der Waals surface area (Å²) in [7, 11) is 1.91. The summed E-state index contributed by atoms with van der Waals surface area (Å²) >= 11 is 0. The zero-order valence-corrected chi connectivity index (χ0v) is 15.3. The minimum atomic E-state index is -0.0120. The van der Waals surface area contributed by atoms with Crippen LogP contribution < -0.4 is 10.6 Å². The van der Waals surface area contributed by atoms with E-state index in [2.05, 4.69) is 53.8 Å². The van der Waals surface area contributed by atoms with E-state index in [1.54, 1.807) is 4.68 Å². The van der Waals surface area contributed by atoms with E-state index < -0.39 is 0 Å². The first kappa shape index (κ1) is 17.7. The fourth-order valence-electron chi connectivity index (χ4n) is 3.53. The van der Waals surface area contributed by atoms with Crippen LogP contribution >= 0.6 is 0 Å². The lowest BCUT2D eigenvalue weighted by Gasteiger charge is -2.35. The average Bonchev–Trinajstić information content (AvgIpc) is 3.04. The number of rotatable bonds is 6. The molecule has 5 heteroatoms. The average molecular weight is 340 g/mol. The topological polar surface area (TPSA) is 59.0 Å². The number of amides is 1. The third kappa shape index (κ3) is 4.48. The number of hydrogen-bond acceptors (Lipinski definition) is 3. The quantitative estimate of drug-likeness (QED) is 0.850. The molecular weight excluding hydrogens is 312 g/mol. The van der Waals surface area contributed by atoms with Gasteiger partial charge in [0.1, 0.15) is 0 Å². The first-order valence-corrected chi connectivity index (χ1v) is 9.14. The fraction of sp³-hybridized carbons (Fsp3) is 0.500. The molecule has 0 saturated carbocycles. The monoisotopic (exact) mass is 340 g/mol. The van der Waals surface area contributed by atoms with Crippen LogP contribution in [-0.4, -0.2) is 27.8 Å². The smallest absolute Gasteiger partial charge is 0.220 e. The number of nitrogens with one attached hydrogen (secondary N) is 2. The summed E-state index contributed by atoms with van der Waals surface area (Å²) in [5.41, 5.74) is 3.71. The van der Waals surface area contributed by atoms with Gasteiger partial charge in [-0.3, -0.25) is 9.48 Å². The molecule has 3 rings (SSSR count).